The van der Waals surface area contributed by atoms with Crippen molar-refractivity contribution in [2.24, 2.45) is 0 Å². The van der Waals surface area contributed by atoms with Gasteiger partial charge in [-0.3, -0.25) is 4.57 Å². The lowest BCUT2D eigenvalue weighted by Gasteiger charge is -2.12. The number of hydrogen-bond acceptors (Lipinski definition) is 5. The molecule has 0 aliphatic rings. The van der Waals surface area contributed by atoms with Gasteiger partial charge in [-0.1, -0.05) is 152 Å². The summed E-state index contributed by atoms with van der Waals surface area (Å²) in [6.45, 7) is 0. The predicted molar refractivity (Wildman–Crippen MR) is 236 cm³/mol. The topological polar surface area (TPSA) is 56.7 Å². The van der Waals surface area contributed by atoms with Crippen LogP contribution in [-0.4, -0.2) is 19.5 Å². The number of thiophene rings is 1. The summed E-state index contributed by atoms with van der Waals surface area (Å²) in [4.78, 5) is 16.0. The molecule has 0 amide bonds. The minimum absolute atomic E-state index is 0.565. The quantitative estimate of drug-likeness (QED) is 0.176. The van der Waals surface area contributed by atoms with Crippen molar-refractivity contribution in [3.8, 4) is 51.0 Å². The monoisotopic (exact) mass is 746 g/mol. The minimum atomic E-state index is 0.565. The molecule has 0 saturated carbocycles. The van der Waals surface area contributed by atoms with Gasteiger partial charge in [0.15, 0.2) is 11.6 Å². The van der Waals surface area contributed by atoms with Gasteiger partial charge in [-0.25, -0.2) is 4.98 Å². The number of rotatable bonds is 5. The van der Waals surface area contributed by atoms with E-state index in [2.05, 4.69) is 150 Å². The standard InChI is InChI=1S/C51H30N4OS/c1-2-12-31(13-3-1)34-14-10-15-35(30-34)32-24-26-33(27-25-32)49-52-50(41-19-11-22-44-46(41)40-18-5-8-21-43(40)56-44)54-51(53-49)55-42-20-7-4-16-36(42)38-28-29-39-37-17-6-9-23-45(37)57-48(39)47(38)55/h1-30H. The molecule has 8 aromatic carbocycles. The minimum Gasteiger partial charge on any atom is -0.456 e. The van der Waals surface area contributed by atoms with Crippen molar-refractivity contribution in [1.29, 1.82) is 0 Å². The van der Waals surface area contributed by atoms with E-state index in [1.165, 1.54) is 31.3 Å². The first-order chi connectivity index (χ1) is 28.2. The number of para-hydroxylation sites is 2. The molecule has 57 heavy (non-hydrogen) atoms. The molecule has 0 N–H and O–H groups in total. The molecule has 0 spiro atoms. The van der Waals surface area contributed by atoms with Crippen LogP contribution in [0, 0.1) is 0 Å². The third-order valence-corrected chi connectivity index (χ3v) is 12.3. The van der Waals surface area contributed by atoms with Crippen LogP contribution < -0.4 is 0 Å². The second-order valence-electron chi connectivity index (χ2n) is 14.4. The number of fused-ring (bicyclic) bond motifs is 10. The second-order valence-corrected chi connectivity index (χ2v) is 15.4. The maximum Gasteiger partial charge on any atom is 0.238 e. The third-order valence-electron chi connectivity index (χ3n) is 11.1. The SMILES string of the molecule is c1ccc(-c2cccc(-c3ccc(-c4nc(-c5cccc6oc7ccccc7c56)nc(-n5c6ccccc6c6ccc7c8ccccc8sc7c65)n4)cc3)c2)cc1. The van der Waals surface area contributed by atoms with Gasteiger partial charge in [-0.05, 0) is 52.6 Å². The maximum absolute atomic E-state index is 6.34. The lowest BCUT2D eigenvalue weighted by Crippen LogP contribution is -2.06. The highest BCUT2D eigenvalue weighted by molar-refractivity contribution is 7.26. The van der Waals surface area contributed by atoms with Gasteiger partial charge >= 0.3 is 0 Å². The number of benzene rings is 8. The van der Waals surface area contributed by atoms with E-state index in [4.69, 9.17) is 19.4 Å². The summed E-state index contributed by atoms with van der Waals surface area (Å²) in [6, 6.07) is 63.7. The van der Waals surface area contributed by atoms with Crippen molar-refractivity contribution in [1.82, 2.24) is 19.5 Å². The fraction of sp³-hybridized carbons (Fsp3) is 0. The van der Waals surface area contributed by atoms with Gasteiger partial charge < -0.3 is 4.42 Å². The lowest BCUT2D eigenvalue weighted by atomic mass is 9.98. The molecular formula is C51H30N4OS. The van der Waals surface area contributed by atoms with Crippen molar-refractivity contribution in [2.75, 3.05) is 0 Å². The highest BCUT2D eigenvalue weighted by Gasteiger charge is 2.22. The third kappa shape index (κ3) is 5.04. The van der Waals surface area contributed by atoms with Crippen molar-refractivity contribution < 1.29 is 4.42 Å². The molecule has 0 fully saturated rings. The summed E-state index contributed by atoms with van der Waals surface area (Å²) in [5.74, 6) is 1.75. The second kappa shape index (κ2) is 12.6. The average molecular weight is 747 g/mol. The highest BCUT2D eigenvalue weighted by Crippen LogP contribution is 2.43. The van der Waals surface area contributed by atoms with E-state index < -0.39 is 0 Å². The lowest BCUT2D eigenvalue weighted by molar-refractivity contribution is 0.669. The molecule has 0 saturated heterocycles. The molecule has 266 valence electrons. The van der Waals surface area contributed by atoms with Crippen molar-refractivity contribution >= 4 is 75.3 Å². The van der Waals surface area contributed by atoms with E-state index in [9.17, 15) is 0 Å². The van der Waals surface area contributed by atoms with Crippen LogP contribution in [0.25, 0.3) is 115 Å². The molecule has 12 rings (SSSR count). The summed E-state index contributed by atoms with van der Waals surface area (Å²) in [5, 5.41) is 6.81. The fourth-order valence-electron chi connectivity index (χ4n) is 8.43. The predicted octanol–water partition coefficient (Wildman–Crippen LogP) is 13.9. The Kier molecular flexibility index (Phi) is 7.03. The smallest absolute Gasteiger partial charge is 0.238 e. The molecule has 0 radical (unpaired) electrons. The largest absolute Gasteiger partial charge is 0.456 e. The van der Waals surface area contributed by atoms with Crippen LogP contribution in [0.3, 0.4) is 0 Å². The molecule has 0 unspecified atom stereocenters. The van der Waals surface area contributed by atoms with Crippen LogP contribution in [0.15, 0.2) is 186 Å². The molecule has 12 aromatic rings. The van der Waals surface area contributed by atoms with Gasteiger partial charge in [0.05, 0.1) is 15.7 Å². The number of nitrogens with zero attached hydrogens (tertiary/aromatic N) is 4. The molecule has 0 aliphatic carbocycles. The van der Waals surface area contributed by atoms with Gasteiger partial charge in [0.25, 0.3) is 0 Å². The van der Waals surface area contributed by atoms with Gasteiger partial charge in [0, 0.05) is 48.1 Å². The highest BCUT2D eigenvalue weighted by atomic mass is 32.1. The van der Waals surface area contributed by atoms with E-state index in [-0.39, 0.29) is 0 Å². The maximum atomic E-state index is 6.34. The van der Waals surface area contributed by atoms with Crippen LogP contribution in [-0.2, 0) is 0 Å². The van der Waals surface area contributed by atoms with Crippen LogP contribution in [0.2, 0.25) is 0 Å². The van der Waals surface area contributed by atoms with Crippen molar-refractivity contribution in [3.63, 3.8) is 0 Å². The molecule has 4 aromatic heterocycles. The van der Waals surface area contributed by atoms with Gasteiger partial charge in [-0.15, -0.1) is 11.3 Å². The van der Waals surface area contributed by atoms with E-state index in [0.717, 1.165) is 66.0 Å². The molecule has 0 aliphatic heterocycles. The molecule has 6 heteroatoms. The van der Waals surface area contributed by atoms with Gasteiger partial charge in [0.2, 0.25) is 5.95 Å². The van der Waals surface area contributed by atoms with Crippen LogP contribution in [0.5, 0.6) is 0 Å². The summed E-state index contributed by atoms with van der Waals surface area (Å²) >= 11 is 1.82. The first kappa shape index (κ1) is 31.9. The van der Waals surface area contributed by atoms with Crippen LogP contribution in [0.4, 0.5) is 0 Å². The van der Waals surface area contributed by atoms with Crippen molar-refractivity contribution in [2.45, 2.75) is 0 Å². The summed E-state index contributed by atoms with van der Waals surface area (Å²) < 4.78 is 11.0. The Bertz CT molecular complexity index is 3520. The fourth-order valence-corrected chi connectivity index (χ4v) is 9.67. The first-order valence-electron chi connectivity index (χ1n) is 19.0. The summed E-state index contributed by atoms with van der Waals surface area (Å²) in [5.41, 5.74) is 10.2. The Labute approximate surface area is 330 Å². The zero-order valence-corrected chi connectivity index (χ0v) is 31.2. The van der Waals surface area contributed by atoms with E-state index >= 15 is 0 Å². The van der Waals surface area contributed by atoms with E-state index in [1.54, 1.807) is 0 Å². The number of aromatic nitrogens is 4. The van der Waals surface area contributed by atoms with Crippen LogP contribution >= 0.6 is 11.3 Å². The van der Waals surface area contributed by atoms with Gasteiger partial charge in [-0.2, -0.15) is 9.97 Å². The molecule has 4 heterocycles. The number of hydrogen-bond donors (Lipinski definition) is 0. The average Bonchev–Trinajstić information content (AvgIpc) is 3.96. The molecule has 0 atom stereocenters. The Morgan fingerprint density at radius 2 is 1.05 bits per heavy atom. The summed E-state index contributed by atoms with van der Waals surface area (Å²) in [7, 11) is 0. The van der Waals surface area contributed by atoms with Crippen LogP contribution in [0.1, 0.15) is 0 Å². The Morgan fingerprint density at radius 3 is 1.91 bits per heavy atom. The van der Waals surface area contributed by atoms with Crippen molar-refractivity contribution in [3.05, 3.63) is 182 Å². The van der Waals surface area contributed by atoms with E-state index in [0.29, 0.717) is 17.6 Å². The molecular weight excluding hydrogens is 717 g/mol. The first-order valence-corrected chi connectivity index (χ1v) is 19.8. The Balaban J connectivity index is 1.10. The normalized spacial score (nSPS) is 11.9. The van der Waals surface area contributed by atoms with Gasteiger partial charge in [0.1, 0.15) is 11.2 Å². The zero-order valence-electron chi connectivity index (χ0n) is 30.4. The molecule has 5 nitrogen and oxygen atoms in total. The van der Waals surface area contributed by atoms with E-state index in [1.807, 2.05) is 47.7 Å². The summed E-state index contributed by atoms with van der Waals surface area (Å²) in [6.07, 6.45) is 0. The number of furan rings is 1. The Hall–Kier alpha value is -7.41. The molecule has 0 bridgehead atoms. The zero-order chi connectivity index (χ0) is 37.5. The Morgan fingerprint density at radius 1 is 0.421 bits per heavy atom.